The van der Waals surface area contributed by atoms with Crippen molar-refractivity contribution >= 4 is 31.7 Å². The lowest BCUT2D eigenvalue weighted by molar-refractivity contribution is 0.0953. The van der Waals surface area contributed by atoms with Gasteiger partial charge in [0.25, 0.3) is 5.91 Å². The molecule has 28 heavy (non-hydrogen) atoms. The van der Waals surface area contributed by atoms with Crippen molar-refractivity contribution in [2.24, 2.45) is 0 Å². The van der Waals surface area contributed by atoms with E-state index in [9.17, 15) is 17.6 Å². The number of hydrogen-bond donors (Lipinski definition) is 1. The second kappa shape index (κ2) is 8.28. The number of carbonyl (C=O) groups excluding carboxylic acids is 1. The van der Waals surface area contributed by atoms with Crippen molar-refractivity contribution in [3.05, 3.63) is 88.0 Å². The summed E-state index contributed by atoms with van der Waals surface area (Å²) in [5, 5.41) is 1.49. The maximum atomic E-state index is 13.6. The molecule has 0 aliphatic heterocycles. The number of nitrogens with one attached hydrogen (secondary N) is 1. The molecule has 0 unspecified atom stereocenters. The van der Waals surface area contributed by atoms with Gasteiger partial charge >= 0.3 is 0 Å². The van der Waals surface area contributed by atoms with Crippen molar-refractivity contribution in [2.75, 3.05) is 6.54 Å². The van der Waals surface area contributed by atoms with Gasteiger partial charge in [0.15, 0.2) is 9.84 Å². The molecule has 3 rings (SSSR count). The van der Waals surface area contributed by atoms with Crippen LogP contribution in [0.1, 0.15) is 26.9 Å². The van der Waals surface area contributed by atoms with Crippen LogP contribution in [0.5, 0.6) is 0 Å². The molecular formula is C20H17BrFNO4S. The summed E-state index contributed by atoms with van der Waals surface area (Å²) in [6.07, 6.45) is 1.37. The van der Waals surface area contributed by atoms with E-state index in [-0.39, 0.29) is 22.8 Å². The highest BCUT2D eigenvalue weighted by Gasteiger charge is 2.32. The Balaban J connectivity index is 1.88. The first-order valence-corrected chi connectivity index (χ1v) is 10.7. The fraction of sp³-hybridized carbons (Fsp3) is 0.150. The quantitative estimate of drug-likeness (QED) is 0.546. The average Bonchev–Trinajstić information content (AvgIpc) is 3.18. The van der Waals surface area contributed by atoms with Gasteiger partial charge in [-0.3, -0.25) is 4.79 Å². The molecule has 0 saturated heterocycles. The van der Waals surface area contributed by atoms with E-state index >= 15 is 0 Å². The molecule has 1 N–H and O–H groups in total. The molecule has 8 heteroatoms. The lowest BCUT2D eigenvalue weighted by Gasteiger charge is -2.17. The van der Waals surface area contributed by atoms with E-state index in [2.05, 4.69) is 21.2 Å². The zero-order valence-electron chi connectivity index (χ0n) is 14.9. The van der Waals surface area contributed by atoms with E-state index in [1.54, 1.807) is 30.3 Å². The molecule has 0 fully saturated rings. The molecule has 5 nitrogen and oxygen atoms in total. The van der Waals surface area contributed by atoms with Crippen LogP contribution in [-0.4, -0.2) is 20.9 Å². The number of rotatable bonds is 6. The number of aryl methyl sites for hydroxylation is 1. The van der Waals surface area contributed by atoms with Gasteiger partial charge in [0.05, 0.1) is 11.2 Å². The minimum atomic E-state index is -3.93. The SMILES string of the molecule is Cc1cc(S(=O)(=O)[C@@H](CNC(=O)c2ccc(Br)cc2)c2ccco2)ccc1F. The minimum absolute atomic E-state index is 0.0364. The highest BCUT2D eigenvalue weighted by atomic mass is 79.9. The zero-order valence-corrected chi connectivity index (χ0v) is 17.3. The molecule has 1 amide bonds. The van der Waals surface area contributed by atoms with E-state index < -0.39 is 26.8 Å². The van der Waals surface area contributed by atoms with Gasteiger partial charge in [-0.05, 0) is 67.1 Å². The van der Waals surface area contributed by atoms with Crippen LogP contribution in [0.4, 0.5) is 4.39 Å². The van der Waals surface area contributed by atoms with Crippen molar-refractivity contribution in [3.63, 3.8) is 0 Å². The predicted molar refractivity (Wildman–Crippen MR) is 106 cm³/mol. The summed E-state index contributed by atoms with van der Waals surface area (Å²) in [7, 11) is -3.93. The number of furan rings is 1. The van der Waals surface area contributed by atoms with Gasteiger partial charge in [0.2, 0.25) is 0 Å². The minimum Gasteiger partial charge on any atom is -0.468 e. The van der Waals surface area contributed by atoms with Gasteiger partial charge in [-0.25, -0.2) is 12.8 Å². The molecule has 0 radical (unpaired) electrons. The number of hydrogen-bond acceptors (Lipinski definition) is 4. The third-order valence-electron chi connectivity index (χ3n) is 4.25. The van der Waals surface area contributed by atoms with Crippen LogP contribution in [0.25, 0.3) is 0 Å². The first-order chi connectivity index (χ1) is 13.3. The fourth-order valence-corrected chi connectivity index (χ4v) is 4.62. The van der Waals surface area contributed by atoms with Crippen LogP contribution in [0.2, 0.25) is 0 Å². The first kappa shape index (κ1) is 20.3. The normalized spacial score (nSPS) is 12.5. The highest BCUT2D eigenvalue weighted by Crippen LogP contribution is 2.30. The van der Waals surface area contributed by atoms with Crippen molar-refractivity contribution in [2.45, 2.75) is 17.1 Å². The topological polar surface area (TPSA) is 76.4 Å². The van der Waals surface area contributed by atoms with Gasteiger partial charge in [-0.15, -0.1) is 0 Å². The molecule has 0 aliphatic rings. The van der Waals surface area contributed by atoms with Crippen molar-refractivity contribution in [1.82, 2.24) is 5.32 Å². The van der Waals surface area contributed by atoms with Gasteiger partial charge in [-0.1, -0.05) is 15.9 Å². The van der Waals surface area contributed by atoms with E-state index in [0.717, 1.165) is 10.5 Å². The number of benzene rings is 2. The van der Waals surface area contributed by atoms with Crippen LogP contribution in [0, 0.1) is 12.7 Å². The Bertz CT molecular complexity index is 1080. The third kappa shape index (κ3) is 4.34. The number of sulfone groups is 1. The average molecular weight is 466 g/mol. The van der Waals surface area contributed by atoms with E-state index in [0.29, 0.717) is 5.56 Å². The smallest absolute Gasteiger partial charge is 0.251 e. The highest BCUT2D eigenvalue weighted by molar-refractivity contribution is 9.10. The van der Waals surface area contributed by atoms with Gasteiger partial charge in [0.1, 0.15) is 16.8 Å². The molecule has 2 aromatic carbocycles. The summed E-state index contributed by atoms with van der Waals surface area (Å²) in [5.41, 5.74) is 0.620. The Morgan fingerprint density at radius 3 is 2.50 bits per heavy atom. The van der Waals surface area contributed by atoms with E-state index in [1.165, 1.54) is 31.4 Å². The molecule has 0 spiro atoms. The van der Waals surface area contributed by atoms with Crippen LogP contribution < -0.4 is 5.32 Å². The summed E-state index contributed by atoms with van der Waals surface area (Å²) in [6.45, 7) is 1.30. The summed E-state index contributed by atoms with van der Waals surface area (Å²) < 4.78 is 46.0. The zero-order chi connectivity index (χ0) is 20.3. The first-order valence-electron chi connectivity index (χ1n) is 8.36. The van der Waals surface area contributed by atoms with Gasteiger partial charge < -0.3 is 9.73 Å². The van der Waals surface area contributed by atoms with Crippen LogP contribution >= 0.6 is 15.9 Å². The van der Waals surface area contributed by atoms with Crippen molar-refractivity contribution in [1.29, 1.82) is 0 Å². The molecule has 0 bridgehead atoms. The molecule has 1 aromatic heterocycles. The lowest BCUT2D eigenvalue weighted by Crippen LogP contribution is -2.31. The van der Waals surface area contributed by atoms with Crippen molar-refractivity contribution in [3.8, 4) is 0 Å². The Hall–Kier alpha value is -2.45. The molecule has 0 aliphatic carbocycles. The molecule has 0 saturated carbocycles. The molecular weight excluding hydrogens is 449 g/mol. The summed E-state index contributed by atoms with van der Waals surface area (Å²) in [5.74, 6) is -0.704. The number of amides is 1. The maximum Gasteiger partial charge on any atom is 0.251 e. The van der Waals surface area contributed by atoms with Crippen LogP contribution in [-0.2, 0) is 9.84 Å². The second-order valence-corrected chi connectivity index (χ2v) is 9.22. The van der Waals surface area contributed by atoms with Crippen molar-refractivity contribution < 1.29 is 22.0 Å². The standard InChI is InChI=1S/C20H17BrFNO4S/c1-13-11-16(8-9-17(13)22)28(25,26)19(18-3-2-10-27-18)12-23-20(24)14-4-6-15(21)7-5-14/h2-11,19H,12H2,1H3,(H,23,24)/t19-/m0/s1. The van der Waals surface area contributed by atoms with Gasteiger partial charge in [-0.2, -0.15) is 0 Å². The molecule has 146 valence electrons. The second-order valence-electron chi connectivity index (χ2n) is 6.18. The number of carbonyl (C=O) groups is 1. The maximum absolute atomic E-state index is 13.6. The van der Waals surface area contributed by atoms with Gasteiger partial charge in [0, 0.05) is 16.6 Å². The molecule has 3 aromatic rings. The Morgan fingerprint density at radius 2 is 1.89 bits per heavy atom. The largest absolute Gasteiger partial charge is 0.468 e. The summed E-state index contributed by atoms with van der Waals surface area (Å²) in [6, 6.07) is 13.4. The third-order valence-corrected chi connectivity index (χ3v) is 6.84. The Kier molecular flexibility index (Phi) is 6.00. The summed E-state index contributed by atoms with van der Waals surface area (Å²) in [4.78, 5) is 12.4. The fourth-order valence-electron chi connectivity index (χ4n) is 2.68. The monoisotopic (exact) mass is 465 g/mol. The predicted octanol–water partition coefficient (Wildman–Crippen LogP) is 4.43. The van der Waals surface area contributed by atoms with Crippen LogP contribution in [0.15, 0.2) is 74.6 Å². The Labute approximate surface area is 170 Å². The molecule has 1 heterocycles. The summed E-state index contributed by atoms with van der Waals surface area (Å²) >= 11 is 3.30. The molecule has 1 atom stereocenters. The van der Waals surface area contributed by atoms with E-state index in [4.69, 9.17) is 4.42 Å². The lowest BCUT2D eigenvalue weighted by atomic mass is 10.2. The van der Waals surface area contributed by atoms with Crippen LogP contribution in [0.3, 0.4) is 0 Å². The number of halogens is 2. The van der Waals surface area contributed by atoms with E-state index in [1.807, 2.05) is 0 Å². The Morgan fingerprint density at radius 1 is 1.18 bits per heavy atom.